The number of nitrogens with two attached hydrogens (primary N) is 1. The Morgan fingerprint density at radius 2 is 1.80 bits per heavy atom. The number of rotatable bonds is 2. The van der Waals surface area contributed by atoms with Crippen molar-refractivity contribution in [1.29, 1.82) is 0 Å². The molecule has 1 aromatic heterocycles. The van der Waals surface area contributed by atoms with Crippen LogP contribution in [-0.4, -0.2) is 5.16 Å². The lowest BCUT2D eigenvalue weighted by atomic mass is 9.40. The first-order chi connectivity index (χ1) is 9.31. The van der Waals surface area contributed by atoms with Gasteiger partial charge in [-0.05, 0) is 67.6 Å². The predicted molar refractivity (Wildman–Crippen MR) is 79.2 cm³/mol. The van der Waals surface area contributed by atoms with E-state index in [1.165, 1.54) is 38.5 Å². The molecule has 110 valence electrons. The van der Waals surface area contributed by atoms with Crippen LogP contribution in [0.5, 0.6) is 0 Å². The van der Waals surface area contributed by atoms with Crippen molar-refractivity contribution in [2.75, 3.05) is 5.73 Å². The first kappa shape index (κ1) is 12.7. The molecule has 4 aliphatic rings. The van der Waals surface area contributed by atoms with Crippen LogP contribution < -0.4 is 5.73 Å². The molecule has 0 spiro atoms. The number of hydrogen-bond donors (Lipinski definition) is 1. The molecule has 4 aliphatic carbocycles. The minimum absolute atomic E-state index is 0.444. The lowest BCUT2D eigenvalue weighted by Crippen LogP contribution is -2.55. The highest BCUT2D eigenvalue weighted by Crippen LogP contribution is 2.70. The summed E-state index contributed by atoms with van der Waals surface area (Å²) in [7, 11) is 0. The van der Waals surface area contributed by atoms with E-state index < -0.39 is 0 Å². The summed E-state index contributed by atoms with van der Waals surface area (Å²) in [6.07, 6.45) is 9.49. The van der Waals surface area contributed by atoms with Gasteiger partial charge < -0.3 is 10.3 Å². The highest BCUT2D eigenvalue weighted by atomic mass is 16.5. The molecule has 4 bridgehead atoms. The lowest BCUT2D eigenvalue weighted by molar-refractivity contribution is -0.145. The molecule has 2 atom stereocenters. The molecule has 0 amide bonds. The highest BCUT2D eigenvalue weighted by molar-refractivity contribution is 5.39. The SMILES string of the molecule is Cc1c(N)noc1CC12CC3CC(C)(CC(C)(C3)C1)C2. The average molecular weight is 274 g/mol. The van der Waals surface area contributed by atoms with Crippen LogP contribution >= 0.6 is 0 Å². The molecular weight excluding hydrogens is 248 g/mol. The maximum atomic E-state index is 5.85. The van der Waals surface area contributed by atoms with E-state index in [0.29, 0.717) is 22.1 Å². The van der Waals surface area contributed by atoms with Crippen molar-refractivity contribution in [1.82, 2.24) is 5.16 Å². The van der Waals surface area contributed by atoms with Crippen LogP contribution in [0, 0.1) is 29.1 Å². The number of aromatic nitrogens is 1. The van der Waals surface area contributed by atoms with Gasteiger partial charge in [0.05, 0.1) is 0 Å². The summed E-state index contributed by atoms with van der Waals surface area (Å²) in [5.41, 5.74) is 8.49. The first-order valence-corrected chi connectivity index (χ1v) is 8.01. The van der Waals surface area contributed by atoms with E-state index in [0.717, 1.165) is 23.7 Å². The van der Waals surface area contributed by atoms with E-state index in [1.54, 1.807) is 0 Å². The van der Waals surface area contributed by atoms with Crippen molar-refractivity contribution in [2.45, 2.75) is 65.7 Å². The first-order valence-electron chi connectivity index (χ1n) is 8.01. The van der Waals surface area contributed by atoms with Crippen LogP contribution in [0.1, 0.15) is 63.7 Å². The van der Waals surface area contributed by atoms with Gasteiger partial charge in [-0.25, -0.2) is 0 Å². The Balaban J connectivity index is 1.69. The van der Waals surface area contributed by atoms with E-state index in [-0.39, 0.29) is 0 Å². The van der Waals surface area contributed by atoms with Gasteiger partial charge in [0.15, 0.2) is 5.82 Å². The van der Waals surface area contributed by atoms with Crippen molar-refractivity contribution in [3.63, 3.8) is 0 Å². The molecule has 0 saturated heterocycles. The van der Waals surface area contributed by atoms with E-state index in [4.69, 9.17) is 10.3 Å². The smallest absolute Gasteiger partial charge is 0.169 e. The molecule has 4 saturated carbocycles. The molecular formula is C17H26N2O. The fourth-order valence-electron chi connectivity index (χ4n) is 6.77. The summed E-state index contributed by atoms with van der Waals surface area (Å²) >= 11 is 0. The molecule has 0 aliphatic heterocycles. The molecule has 3 heteroatoms. The van der Waals surface area contributed by atoms with Crippen molar-refractivity contribution in [2.24, 2.45) is 22.2 Å². The fourth-order valence-corrected chi connectivity index (χ4v) is 6.77. The Morgan fingerprint density at radius 3 is 2.30 bits per heavy atom. The van der Waals surface area contributed by atoms with Gasteiger partial charge in [-0.1, -0.05) is 19.0 Å². The summed E-state index contributed by atoms with van der Waals surface area (Å²) in [5.74, 6) is 2.54. The van der Waals surface area contributed by atoms with Crippen molar-refractivity contribution >= 4 is 5.82 Å². The van der Waals surface area contributed by atoms with Crippen molar-refractivity contribution in [3.8, 4) is 0 Å². The Labute approximate surface area is 121 Å². The summed E-state index contributed by atoms with van der Waals surface area (Å²) in [6, 6.07) is 0. The second-order valence-electron chi connectivity index (χ2n) is 8.92. The molecule has 5 rings (SSSR count). The minimum atomic E-state index is 0.444. The summed E-state index contributed by atoms with van der Waals surface area (Å²) in [4.78, 5) is 0. The Bertz CT molecular complexity index is 543. The van der Waals surface area contributed by atoms with Gasteiger partial charge in [-0.15, -0.1) is 0 Å². The van der Waals surface area contributed by atoms with Gasteiger partial charge >= 0.3 is 0 Å². The molecule has 3 nitrogen and oxygen atoms in total. The van der Waals surface area contributed by atoms with Gasteiger partial charge in [0.2, 0.25) is 0 Å². The molecule has 2 N–H and O–H groups in total. The average Bonchev–Trinajstić information content (AvgIpc) is 2.55. The zero-order valence-electron chi connectivity index (χ0n) is 13.0. The summed E-state index contributed by atoms with van der Waals surface area (Å²) in [6.45, 7) is 7.09. The van der Waals surface area contributed by atoms with Gasteiger partial charge in [0.1, 0.15) is 5.76 Å². The standard InChI is InChI=1S/C17H26N2O/c1-11-13(20-19-14(11)18)7-17-6-12-4-15(2,9-17)8-16(3,5-12)10-17/h12H,4-10H2,1-3H3,(H2,18,19). The fraction of sp³-hybridized carbons (Fsp3) is 0.824. The molecule has 20 heavy (non-hydrogen) atoms. The maximum absolute atomic E-state index is 5.85. The number of anilines is 1. The van der Waals surface area contributed by atoms with Gasteiger partial charge in [0.25, 0.3) is 0 Å². The third-order valence-corrected chi connectivity index (χ3v) is 6.33. The highest BCUT2D eigenvalue weighted by Gasteiger charge is 2.60. The van der Waals surface area contributed by atoms with Crippen molar-refractivity contribution in [3.05, 3.63) is 11.3 Å². The third-order valence-electron chi connectivity index (χ3n) is 6.33. The van der Waals surface area contributed by atoms with E-state index in [9.17, 15) is 0 Å². The number of nitrogen functional groups attached to an aromatic ring is 1. The predicted octanol–water partition coefficient (Wildman–Crippen LogP) is 4.10. The van der Waals surface area contributed by atoms with E-state index >= 15 is 0 Å². The number of hydrogen-bond acceptors (Lipinski definition) is 3. The quantitative estimate of drug-likeness (QED) is 0.883. The van der Waals surface area contributed by atoms with Crippen LogP contribution in [0.25, 0.3) is 0 Å². The molecule has 1 aromatic rings. The lowest BCUT2D eigenvalue weighted by Gasteiger charge is -2.65. The summed E-state index contributed by atoms with van der Waals surface area (Å²) < 4.78 is 5.52. The second-order valence-corrected chi connectivity index (χ2v) is 8.92. The Kier molecular flexibility index (Phi) is 2.30. The van der Waals surface area contributed by atoms with Crippen molar-refractivity contribution < 1.29 is 4.52 Å². The summed E-state index contributed by atoms with van der Waals surface area (Å²) in [5, 5.41) is 3.95. The van der Waals surface area contributed by atoms with Gasteiger partial charge in [-0.3, -0.25) is 0 Å². The second kappa shape index (κ2) is 3.61. The zero-order chi connectivity index (χ0) is 14.2. The third kappa shape index (κ3) is 1.74. The molecule has 2 unspecified atom stereocenters. The van der Waals surface area contributed by atoms with Gasteiger partial charge in [0, 0.05) is 12.0 Å². The van der Waals surface area contributed by atoms with Crippen LogP contribution in [0.4, 0.5) is 5.82 Å². The largest absolute Gasteiger partial charge is 0.381 e. The molecule has 0 radical (unpaired) electrons. The Morgan fingerprint density at radius 1 is 1.15 bits per heavy atom. The van der Waals surface area contributed by atoms with Crippen LogP contribution in [0.2, 0.25) is 0 Å². The van der Waals surface area contributed by atoms with E-state index in [2.05, 4.69) is 19.0 Å². The maximum Gasteiger partial charge on any atom is 0.169 e. The molecule has 4 fully saturated rings. The zero-order valence-corrected chi connectivity index (χ0v) is 13.0. The number of nitrogens with zero attached hydrogens (tertiary/aromatic N) is 1. The topological polar surface area (TPSA) is 52.0 Å². The Hall–Kier alpha value is -0.990. The normalized spacial score (nSPS) is 46.0. The van der Waals surface area contributed by atoms with Gasteiger partial charge in [-0.2, -0.15) is 0 Å². The van der Waals surface area contributed by atoms with E-state index in [1.807, 2.05) is 6.92 Å². The minimum Gasteiger partial charge on any atom is -0.381 e. The van der Waals surface area contributed by atoms with Crippen LogP contribution in [-0.2, 0) is 6.42 Å². The van der Waals surface area contributed by atoms with Crippen LogP contribution in [0.15, 0.2) is 4.52 Å². The molecule has 0 aromatic carbocycles. The molecule has 1 heterocycles. The monoisotopic (exact) mass is 274 g/mol. The van der Waals surface area contributed by atoms with Crippen LogP contribution in [0.3, 0.4) is 0 Å².